The highest BCUT2D eigenvalue weighted by molar-refractivity contribution is 5.87. The molecular weight excluding hydrogens is 446 g/mol. The van der Waals surface area contributed by atoms with Crippen LogP contribution in [0.25, 0.3) is 33.6 Å². The van der Waals surface area contributed by atoms with Crippen molar-refractivity contribution in [1.82, 2.24) is 29.6 Å². The van der Waals surface area contributed by atoms with Crippen LogP contribution in [0.5, 0.6) is 0 Å². The topological polar surface area (TPSA) is 96.4 Å². The first-order valence-electron chi connectivity index (χ1n) is 10.2. The smallest absolute Gasteiger partial charge is 0.311 e. The molecule has 0 bridgehead atoms. The number of carbonyl (C=O) groups excluding carboxylic acids is 1. The third-order valence-electron chi connectivity index (χ3n) is 5.31. The molecule has 5 aromatic rings. The van der Waals surface area contributed by atoms with Crippen LogP contribution in [0.3, 0.4) is 0 Å². The van der Waals surface area contributed by atoms with E-state index < -0.39 is 11.8 Å². The average Bonchev–Trinajstić information content (AvgIpc) is 3.38. The first-order chi connectivity index (χ1) is 16.5. The van der Waals surface area contributed by atoms with Gasteiger partial charge in [0.2, 0.25) is 0 Å². The summed E-state index contributed by atoms with van der Waals surface area (Å²) in [4.78, 5) is 12.0. The maximum Gasteiger partial charge on any atom is 0.311 e. The van der Waals surface area contributed by atoms with E-state index in [-0.39, 0.29) is 18.8 Å². The monoisotopic (exact) mass is 464 g/mol. The SMILES string of the molecule is COCc1nn2c(nnc3c(CC(=O)OC)nn(-c4ccc(F)cc4)c32)c1-c1ccc(F)cc1. The van der Waals surface area contributed by atoms with E-state index in [1.807, 2.05) is 0 Å². The molecule has 0 saturated heterocycles. The summed E-state index contributed by atoms with van der Waals surface area (Å²) in [5, 5.41) is 17.9. The molecule has 0 spiro atoms. The molecule has 0 saturated carbocycles. The number of ether oxygens (including phenoxy) is 2. The molecule has 0 fully saturated rings. The number of hydrogen-bond donors (Lipinski definition) is 0. The van der Waals surface area contributed by atoms with E-state index in [4.69, 9.17) is 14.6 Å². The molecule has 0 N–H and O–H groups in total. The zero-order valence-corrected chi connectivity index (χ0v) is 18.2. The van der Waals surface area contributed by atoms with Crippen molar-refractivity contribution in [3.63, 3.8) is 0 Å². The minimum absolute atomic E-state index is 0.140. The van der Waals surface area contributed by atoms with Crippen molar-refractivity contribution in [2.75, 3.05) is 14.2 Å². The van der Waals surface area contributed by atoms with Crippen LogP contribution >= 0.6 is 0 Å². The van der Waals surface area contributed by atoms with Gasteiger partial charge in [-0.2, -0.15) is 14.7 Å². The summed E-state index contributed by atoms with van der Waals surface area (Å²) in [6.07, 6.45) is -0.140. The van der Waals surface area contributed by atoms with E-state index in [0.29, 0.717) is 45.0 Å². The van der Waals surface area contributed by atoms with Crippen molar-refractivity contribution in [1.29, 1.82) is 0 Å². The summed E-state index contributed by atoms with van der Waals surface area (Å²) in [5.74, 6) is -1.27. The van der Waals surface area contributed by atoms with E-state index in [1.54, 1.807) is 28.8 Å². The minimum atomic E-state index is -0.500. The van der Waals surface area contributed by atoms with E-state index in [1.165, 1.54) is 43.2 Å². The highest BCUT2D eigenvalue weighted by Gasteiger charge is 2.24. The van der Waals surface area contributed by atoms with Crippen molar-refractivity contribution in [3.8, 4) is 16.8 Å². The quantitative estimate of drug-likeness (QED) is 0.356. The van der Waals surface area contributed by atoms with Gasteiger partial charge in [-0.25, -0.2) is 13.5 Å². The predicted octanol–water partition coefficient (Wildman–Crippen LogP) is 3.27. The van der Waals surface area contributed by atoms with Crippen LogP contribution in [0, 0.1) is 11.6 Å². The van der Waals surface area contributed by atoms with Crippen molar-refractivity contribution in [2.45, 2.75) is 13.0 Å². The fourth-order valence-electron chi connectivity index (χ4n) is 3.77. The van der Waals surface area contributed by atoms with Gasteiger partial charge in [0.15, 0.2) is 16.8 Å². The summed E-state index contributed by atoms with van der Waals surface area (Å²) in [7, 11) is 2.82. The van der Waals surface area contributed by atoms with Crippen LogP contribution in [-0.4, -0.2) is 49.8 Å². The van der Waals surface area contributed by atoms with Crippen molar-refractivity contribution < 1.29 is 23.0 Å². The highest BCUT2D eigenvalue weighted by atomic mass is 19.1. The lowest BCUT2D eigenvalue weighted by Crippen LogP contribution is -2.06. The Hall–Kier alpha value is -4.25. The van der Waals surface area contributed by atoms with Crippen LogP contribution in [0.1, 0.15) is 11.4 Å². The Bertz CT molecular complexity index is 1510. The van der Waals surface area contributed by atoms with Gasteiger partial charge in [0.05, 0.1) is 37.1 Å². The number of esters is 1. The van der Waals surface area contributed by atoms with Gasteiger partial charge in [-0.05, 0) is 42.0 Å². The van der Waals surface area contributed by atoms with Crippen LogP contribution in [0.15, 0.2) is 48.5 Å². The Morgan fingerprint density at radius 1 is 0.912 bits per heavy atom. The Labute approximate surface area is 191 Å². The van der Waals surface area contributed by atoms with Gasteiger partial charge in [0.1, 0.15) is 17.3 Å². The number of aromatic nitrogens is 6. The summed E-state index contributed by atoms with van der Waals surface area (Å²) in [6.45, 7) is 0.164. The molecule has 0 aliphatic heterocycles. The Balaban J connectivity index is 1.83. The molecule has 5 rings (SSSR count). The molecule has 11 heteroatoms. The molecule has 0 unspecified atom stereocenters. The molecule has 0 radical (unpaired) electrons. The second-order valence-corrected chi connectivity index (χ2v) is 7.46. The molecule has 0 aliphatic rings. The number of benzene rings is 2. The molecule has 34 heavy (non-hydrogen) atoms. The van der Waals surface area contributed by atoms with Gasteiger partial charge in [-0.3, -0.25) is 4.79 Å². The largest absolute Gasteiger partial charge is 0.469 e. The van der Waals surface area contributed by atoms with Crippen LogP contribution in [0.2, 0.25) is 0 Å². The minimum Gasteiger partial charge on any atom is -0.469 e. The molecule has 0 amide bonds. The Morgan fingerprint density at radius 2 is 1.59 bits per heavy atom. The van der Waals surface area contributed by atoms with Gasteiger partial charge in [0, 0.05) is 7.11 Å². The van der Waals surface area contributed by atoms with E-state index >= 15 is 0 Å². The third-order valence-corrected chi connectivity index (χ3v) is 5.31. The van der Waals surface area contributed by atoms with Crippen molar-refractivity contribution in [2.24, 2.45) is 0 Å². The summed E-state index contributed by atoms with van der Waals surface area (Å²) >= 11 is 0. The number of fused-ring (bicyclic) bond motifs is 3. The summed E-state index contributed by atoms with van der Waals surface area (Å²) < 4.78 is 40.3. The Morgan fingerprint density at radius 3 is 2.24 bits per heavy atom. The number of nitrogens with zero attached hydrogens (tertiary/aromatic N) is 6. The summed E-state index contributed by atoms with van der Waals surface area (Å²) in [6, 6.07) is 11.6. The Kier molecular flexibility index (Phi) is 5.46. The second kappa shape index (κ2) is 8.60. The van der Waals surface area contributed by atoms with Gasteiger partial charge in [0.25, 0.3) is 0 Å². The van der Waals surface area contributed by atoms with Crippen LogP contribution in [-0.2, 0) is 27.3 Å². The standard InChI is InChI=1S/C23H18F2N6O3/c1-33-12-18-20(13-3-5-14(24)6-4-13)22-27-26-21-17(11-19(32)34-2)28-30(23(21)31(22)29-18)16-9-7-15(25)8-10-16/h3-10H,11-12H2,1-2H3. The lowest BCUT2D eigenvalue weighted by Gasteiger charge is -2.04. The average molecular weight is 464 g/mol. The maximum absolute atomic E-state index is 13.6. The first kappa shape index (κ1) is 21.6. The van der Waals surface area contributed by atoms with Crippen molar-refractivity contribution in [3.05, 3.63) is 71.6 Å². The van der Waals surface area contributed by atoms with E-state index in [2.05, 4.69) is 15.3 Å². The van der Waals surface area contributed by atoms with E-state index in [9.17, 15) is 13.6 Å². The molecule has 2 aromatic carbocycles. The highest BCUT2D eigenvalue weighted by Crippen LogP contribution is 2.31. The predicted molar refractivity (Wildman–Crippen MR) is 117 cm³/mol. The van der Waals surface area contributed by atoms with Crippen LogP contribution in [0.4, 0.5) is 8.78 Å². The molecule has 172 valence electrons. The number of halogens is 2. The fraction of sp³-hybridized carbons (Fsp3) is 0.174. The lowest BCUT2D eigenvalue weighted by molar-refractivity contribution is -0.139. The van der Waals surface area contributed by atoms with Gasteiger partial charge in [-0.15, -0.1) is 10.2 Å². The number of methoxy groups -OCH3 is 2. The number of rotatable bonds is 6. The lowest BCUT2D eigenvalue weighted by atomic mass is 10.1. The number of carbonyl (C=O) groups is 1. The van der Waals surface area contributed by atoms with E-state index in [0.717, 1.165) is 0 Å². The maximum atomic E-state index is 13.6. The van der Waals surface area contributed by atoms with Crippen molar-refractivity contribution >= 4 is 22.8 Å². The molecule has 9 nitrogen and oxygen atoms in total. The second-order valence-electron chi connectivity index (χ2n) is 7.46. The fourth-order valence-corrected chi connectivity index (χ4v) is 3.77. The van der Waals surface area contributed by atoms with Gasteiger partial charge in [-0.1, -0.05) is 12.1 Å². The molecule has 0 aliphatic carbocycles. The first-order valence-corrected chi connectivity index (χ1v) is 10.2. The summed E-state index contributed by atoms with van der Waals surface area (Å²) in [5.41, 5.74) is 3.85. The third kappa shape index (κ3) is 3.65. The number of hydrogen-bond acceptors (Lipinski definition) is 7. The molecule has 3 aromatic heterocycles. The van der Waals surface area contributed by atoms with Crippen LogP contribution < -0.4 is 0 Å². The van der Waals surface area contributed by atoms with Gasteiger partial charge >= 0.3 is 5.97 Å². The molecular formula is C23H18F2N6O3. The molecule has 0 atom stereocenters. The van der Waals surface area contributed by atoms with Gasteiger partial charge < -0.3 is 9.47 Å². The normalized spacial score (nSPS) is 11.4. The molecule has 3 heterocycles. The zero-order chi connectivity index (χ0) is 23.8. The zero-order valence-electron chi connectivity index (χ0n) is 18.2.